The van der Waals surface area contributed by atoms with Crippen LogP contribution in [0.4, 0.5) is 0 Å². The van der Waals surface area contributed by atoms with E-state index in [0.29, 0.717) is 13.1 Å². The molecule has 0 heterocycles. The van der Waals surface area contributed by atoms with Gasteiger partial charge in [-0.1, -0.05) is 6.58 Å². The second kappa shape index (κ2) is 11.0. The second-order valence-corrected chi connectivity index (χ2v) is 1.30. The largest absolute Gasteiger partial charge is 0.466 e. The highest BCUT2D eigenvalue weighted by molar-refractivity contribution is 5.80. The molecule has 0 saturated heterocycles. The maximum Gasteiger partial charge on any atom is 0.329 e. The molecule has 0 aromatic rings. The molecule has 4 nitrogen and oxygen atoms in total. The Labute approximate surface area is 60.8 Å². The SMILES string of the molecule is C=CC(=O)OC.NCCN. The summed E-state index contributed by atoms with van der Waals surface area (Å²) in [7, 11) is 1.31. The molecule has 0 aromatic heterocycles. The van der Waals surface area contributed by atoms with Crippen molar-refractivity contribution in [2.24, 2.45) is 11.5 Å². The number of carbonyl (C=O) groups excluding carboxylic acids is 1. The molecule has 0 unspecified atom stereocenters. The third-order valence-corrected chi connectivity index (χ3v) is 0.535. The molecule has 0 rings (SSSR count). The van der Waals surface area contributed by atoms with E-state index in [-0.39, 0.29) is 0 Å². The normalized spacial score (nSPS) is 7.10. The van der Waals surface area contributed by atoms with E-state index in [0.717, 1.165) is 6.08 Å². The van der Waals surface area contributed by atoms with Crippen LogP contribution in [0, 0.1) is 0 Å². The average Bonchev–Trinajstić information content (AvgIpc) is 2.03. The Balaban J connectivity index is 0. The summed E-state index contributed by atoms with van der Waals surface area (Å²) in [6, 6.07) is 0. The van der Waals surface area contributed by atoms with Crippen molar-refractivity contribution >= 4 is 5.97 Å². The predicted molar refractivity (Wildman–Crippen MR) is 40.3 cm³/mol. The van der Waals surface area contributed by atoms with Gasteiger partial charge in [0.1, 0.15) is 0 Å². The Hall–Kier alpha value is -0.870. The minimum atomic E-state index is -0.394. The van der Waals surface area contributed by atoms with Crippen LogP contribution in [-0.2, 0) is 9.53 Å². The van der Waals surface area contributed by atoms with E-state index >= 15 is 0 Å². The third kappa shape index (κ3) is 15.7. The van der Waals surface area contributed by atoms with Gasteiger partial charge in [0.05, 0.1) is 7.11 Å². The Morgan fingerprint density at radius 2 is 2.00 bits per heavy atom. The summed E-state index contributed by atoms with van der Waals surface area (Å²) in [5.41, 5.74) is 9.81. The quantitative estimate of drug-likeness (QED) is 0.397. The number of hydrogen-bond acceptors (Lipinski definition) is 4. The lowest BCUT2D eigenvalue weighted by Gasteiger charge is -1.83. The molecule has 0 amide bonds. The lowest BCUT2D eigenvalue weighted by molar-refractivity contribution is -0.134. The molecule has 0 aliphatic heterocycles. The predicted octanol–water partition coefficient (Wildman–Crippen LogP) is -0.751. The van der Waals surface area contributed by atoms with Crippen molar-refractivity contribution < 1.29 is 9.53 Å². The summed E-state index contributed by atoms with van der Waals surface area (Å²) in [5.74, 6) is -0.394. The fourth-order valence-corrected chi connectivity index (χ4v) is 0.0833. The molecule has 60 valence electrons. The highest BCUT2D eigenvalue weighted by Gasteiger charge is 1.81. The standard InChI is InChI=1S/C4H6O2.C2H8N2/c1-3-4(5)6-2;3-1-2-4/h3H,1H2,2H3;1-4H2. The van der Waals surface area contributed by atoms with Crippen molar-refractivity contribution in [1.82, 2.24) is 0 Å². The maximum atomic E-state index is 9.84. The fraction of sp³-hybridized carbons (Fsp3) is 0.500. The topological polar surface area (TPSA) is 78.3 Å². The van der Waals surface area contributed by atoms with Crippen LogP contribution in [0.15, 0.2) is 12.7 Å². The van der Waals surface area contributed by atoms with E-state index in [9.17, 15) is 4.79 Å². The number of ether oxygens (including phenoxy) is 1. The van der Waals surface area contributed by atoms with E-state index in [2.05, 4.69) is 11.3 Å². The van der Waals surface area contributed by atoms with E-state index in [1.54, 1.807) is 0 Å². The molecule has 0 saturated carbocycles. The zero-order valence-electron chi connectivity index (χ0n) is 6.17. The average molecular weight is 146 g/mol. The first kappa shape index (κ1) is 11.9. The minimum Gasteiger partial charge on any atom is -0.466 e. The van der Waals surface area contributed by atoms with Crippen LogP contribution in [0.2, 0.25) is 0 Å². The number of rotatable bonds is 2. The maximum absolute atomic E-state index is 9.84. The highest BCUT2D eigenvalue weighted by atomic mass is 16.5. The zero-order chi connectivity index (χ0) is 8.41. The van der Waals surface area contributed by atoms with Gasteiger partial charge >= 0.3 is 5.97 Å². The summed E-state index contributed by atoms with van der Waals surface area (Å²) in [5, 5.41) is 0. The smallest absolute Gasteiger partial charge is 0.329 e. The van der Waals surface area contributed by atoms with Crippen molar-refractivity contribution in [3.8, 4) is 0 Å². The van der Waals surface area contributed by atoms with Crippen molar-refractivity contribution in [2.75, 3.05) is 20.2 Å². The summed E-state index contributed by atoms with van der Waals surface area (Å²) in [4.78, 5) is 9.84. The van der Waals surface area contributed by atoms with Crippen LogP contribution in [0.5, 0.6) is 0 Å². The summed E-state index contributed by atoms with van der Waals surface area (Å²) >= 11 is 0. The number of nitrogens with two attached hydrogens (primary N) is 2. The first-order valence-electron chi connectivity index (χ1n) is 2.83. The molecule has 0 bridgehead atoms. The van der Waals surface area contributed by atoms with Crippen molar-refractivity contribution in [2.45, 2.75) is 0 Å². The van der Waals surface area contributed by atoms with Gasteiger partial charge in [0.25, 0.3) is 0 Å². The van der Waals surface area contributed by atoms with E-state index in [4.69, 9.17) is 11.5 Å². The first-order chi connectivity index (χ1) is 4.72. The van der Waals surface area contributed by atoms with Gasteiger partial charge in [-0.05, 0) is 0 Å². The van der Waals surface area contributed by atoms with Crippen LogP contribution >= 0.6 is 0 Å². The van der Waals surface area contributed by atoms with Gasteiger partial charge in [0.2, 0.25) is 0 Å². The molecule has 0 aliphatic rings. The van der Waals surface area contributed by atoms with E-state index in [1.807, 2.05) is 0 Å². The Morgan fingerprint density at radius 1 is 1.60 bits per heavy atom. The Bertz CT molecular complexity index is 91.7. The van der Waals surface area contributed by atoms with Crippen LogP contribution in [0.3, 0.4) is 0 Å². The monoisotopic (exact) mass is 146 g/mol. The van der Waals surface area contributed by atoms with Crippen LogP contribution in [0.1, 0.15) is 0 Å². The Morgan fingerprint density at radius 3 is 2.00 bits per heavy atom. The van der Waals surface area contributed by atoms with Crippen LogP contribution in [-0.4, -0.2) is 26.2 Å². The second-order valence-electron chi connectivity index (χ2n) is 1.30. The zero-order valence-corrected chi connectivity index (χ0v) is 6.17. The number of hydrogen-bond donors (Lipinski definition) is 2. The summed E-state index contributed by atoms with van der Waals surface area (Å²) in [6.45, 7) is 4.35. The number of carbonyl (C=O) groups is 1. The molecule has 0 spiro atoms. The van der Waals surface area contributed by atoms with Gasteiger partial charge in [0.15, 0.2) is 0 Å². The van der Waals surface area contributed by atoms with Crippen molar-refractivity contribution in [1.29, 1.82) is 0 Å². The van der Waals surface area contributed by atoms with E-state index < -0.39 is 5.97 Å². The third-order valence-electron chi connectivity index (χ3n) is 0.535. The number of esters is 1. The lowest BCUT2D eigenvalue weighted by Crippen LogP contribution is -2.11. The van der Waals surface area contributed by atoms with Gasteiger partial charge < -0.3 is 16.2 Å². The molecule has 10 heavy (non-hydrogen) atoms. The highest BCUT2D eigenvalue weighted by Crippen LogP contribution is 1.67. The minimum absolute atomic E-state index is 0.394. The molecule has 4 heteroatoms. The van der Waals surface area contributed by atoms with Crippen molar-refractivity contribution in [3.05, 3.63) is 12.7 Å². The van der Waals surface area contributed by atoms with Crippen molar-refractivity contribution in [3.63, 3.8) is 0 Å². The lowest BCUT2D eigenvalue weighted by atomic mass is 10.7. The van der Waals surface area contributed by atoms with E-state index in [1.165, 1.54) is 7.11 Å². The molecule has 4 N–H and O–H groups in total. The molecular weight excluding hydrogens is 132 g/mol. The number of methoxy groups -OCH3 is 1. The van der Waals surface area contributed by atoms with Crippen LogP contribution < -0.4 is 11.5 Å². The van der Waals surface area contributed by atoms with Gasteiger partial charge in [-0.15, -0.1) is 0 Å². The first-order valence-corrected chi connectivity index (χ1v) is 2.83. The van der Waals surface area contributed by atoms with Crippen LogP contribution in [0.25, 0.3) is 0 Å². The van der Waals surface area contributed by atoms with Gasteiger partial charge in [0, 0.05) is 19.2 Å². The molecule has 0 fully saturated rings. The van der Waals surface area contributed by atoms with Gasteiger partial charge in [-0.2, -0.15) is 0 Å². The van der Waals surface area contributed by atoms with Gasteiger partial charge in [-0.3, -0.25) is 0 Å². The summed E-state index contributed by atoms with van der Waals surface area (Å²) in [6.07, 6.45) is 1.11. The molecule has 0 aromatic carbocycles. The molecule has 0 radical (unpaired) electrons. The molecule has 0 aliphatic carbocycles. The molecular formula is C6H14N2O2. The fourth-order valence-electron chi connectivity index (χ4n) is 0.0833. The molecule has 0 atom stereocenters. The van der Waals surface area contributed by atoms with Gasteiger partial charge in [-0.25, -0.2) is 4.79 Å². The Kier molecular flexibility index (Phi) is 13.1. The summed E-state index contributed by atoms with van der Waals surface area (Å²) < 4.78 is 4.14.